The van der Waals surface area contributed by atoms with E-state index in [1.165, 1.54) is 0 Å². The van der Waals surface area contributed by atoms with Gasteiger partial charge in [-0.1, -0.05) is 97.1 Å². The van der Waals surface area contributed by atoms with Gasteiger partial charge in [0, 0.05) is 47.7 Å². The number of para-hydroxylation sites is 2. The lowest BCUT2D eigenvalue weighted by molar-refractivity contribution is -0.132. The quantitative estimate of drug-likeness (QED) is 0.162. The number of hydrogen-bond acceptors (Lipinski definition) is 6. The lowest BCUT2D eigenvalue weighted by Gasteiger charge is -2.29. The van der Waals surface area contributed by atoms with Crippen molar-refractivity contribution < 1.29 is 9.59 Å². The Morgan fingerprint density at radius 2 is 0.875 bits per heavy atom. The van der Waals surface area contributed by atoms with E-state index in [0.29, 0.717) is 24.6 Å². The zero-order valence-corrected chi connectivity index (χ0v) is 27.6. The van der Waals surface area contributed by atoms with Crippen LogP contribution in [0.5, 0.6) is 0 Å². The molecule has 2 unspecified atom stereocenters. The van der Waals surface area contributed by atoms with Crippen LogP contribution in [-0.2, 0) is 9.59 Å². The molecular weight excluding hydrogens is 637 g/mol. The smallest absolute Gasteiger partial charge is 0.233 e. The molecule has 8 rings (SSSR count). The first-order valence-electron chi connectivity index (χ1n) is 15.9. The van der Waals surface area contributed by atoms with E-state index in [4.69, 9.17) is 10.2 Å². The molecule has 2 amide bonds. The predicted octanol–water partition coefficient (Wildman–Crippen LogP) is 7.24. The van der Waals surface area contributed by atoms with Gasteiger partial charge in [-0.15, -0.1) is 23.5 Å². The van der Waals surface area contributed by atoms with Gasteiger partial charge in [0.1, 0.15) is 10.7 Å². The van der Waals surface area contributed by atoms with Crippen molar-refractivity contribution >= 4 is 35.3 Å². The highest BCUT2D eigenvalue weighted by Gasteiger charge is 2.39. The monoisotopic (exact) mass is 668 g/mol. The third-order valence-corrected chi connectivity index (χ3v) is 11.1. The van der Waals surface area contributed by atoms with Crippen LogP contribution in [0.4, 0.5) is 0 Å². The first-order chi connectivity index (χ1) is 23.6. The normalized spacial score (nSPS) is 17.8. The second-order valence-electron chi connectivity index (χ2n) is 11.7. The molecule has 0 N–H and O–H groups in total. The number of nitrogens with zero attached hydrogens (tertiary/aromatic N) is 6. The van der Waals surface area contributed by atoms with Crippen LogP contribution in [0.25, 0.3) is 33.9 Å². The molecule has 2 aromatic heterocycles. The van der Waals surface area contributed by atoms with Crippen LogP contribution < -0.4 is 0 Å². The van der Waals surface area contributed by atoms with Crippen LogP contribution >= 0.6 is 23.5 Å². The molecule has 4 heterocycles. The van der Waals surface area contributed by atoms with Crippen LogP contribution in [-0.4, -0.2) is 65.8 Å². The van der Waals surface area contributed by atoms with Gasteiger partial charge in [0.15, 0.2) is 0 Å². The Kier molecular flexibility index (Phi) is 8.34. The Bertz CT molecular complexity index is 1900. The molecule has 238 valence electrons. The average molecular weight is 669 g/mol. The summed E-state index contributed by atoms with van der Waals surface area (Å²) < 4.78 is 3.79. The number of carbonyl (C=O) groups excluding carboxylic acids is 2. The third-order valence-electron chi connectivity index (χ3n) is 8.67. The minimum absolute atomic E-state index is 0.0641. The largest absolute Gasteiger partial charge is 0.324 e. The molecule has 0 spiro atoms. The van der Waals surface area contributed by atoms with E-state index < -0.39 is 0 Å². The van der Waals surface area contributed by atoms with E-state index in [9.17, 15) is 9.59 Å². The van der Waals surface area contributed by atoms with Gasteiger partial charge in [-0.25, -0.2) is 9.36 Å². The second-order valence-corrected chi connectivity index (χ2v) is 13.8. The van der Waals surface area contributed by atoms with Crippen molar-refractivity contribution in [2.45, 2.75) is 10.7 Å². The number of amides is 2. The number of benzene rings is 4. The van der Waals surface area contributed by atoms with Crippen molar-refractivity contribution in [3.8, 4) is 33.9 Å². The SMILES string of the molecule is O=C1CSC(c2cn(-c3ccccc3)nc2-c2ccccc2)N1CCN1C(=O)CSC1c1cn(-c2ccccc2)nc1-c1ccccc1. The zero-order chi connectivity index (χ0) is 32.5. The molecule has 0 bridgehead atoms. The number of carbonyl (C=O) groups is 2. The van der Waals surface area contributed by atoms with Crippen molar-refractivity contribution in [1.29, 1.82) is 0 Å². The maximum absolute atomic E-state index is 13.5. The number of hydrogen-bond donors (Lipinski definition) is 0. The molecule has 0 radical (unpaired) electrons. The highest BCUT2D eigenvalue weighted by Crippen LogP contribution is 2.45. The zero-order valence-electron chi connectivity index (χ0n) is 26.0. The lowest BCUT2D eigenvalue weighted by Crippen LogP contribution is -2.39. The minimum Gasteiger partial charge on any atom is -0.324 e. The van der Waals surface area contributed by atoms with Crippen LogP contribution in [0.15, 0.2) is 134 Å². The highest BCUT2D eigenvalue weighted by atomic mass is 32.2. The Balaban J connectivity index is 1.10. The van der Waals surface area contributed by atoms with Gasteiger partial charge in [-0.3, -0.25) is 9.59 Å². The molecule has 48 heavy (non-hydrogen) atoms. The summed E-state index contributed by atoms with van der Waals surface area (Å²) in [5.41, 5.74) is 7.56. The third kappa shape index (κ3) is 5.82. The van der Waals surface area contributed by atoms with Gasteiger partial charge >= 0.3 is 0 Å². The summed E-state index contributed by atoms with van der Waals surface area (Å²) in [7, 11) is 0. The van der Waals surface area contributed by atoms with Crippen molar-refractivity contribution in [3.05, 3.63) is 145 Å². The van der Waals surface area contributed by atoms with E-state index >= 15 is 0 Å². The van der Waals surface area contributed by atoms with Gasteiger partial charge in [0.25, 0.3) is 0 Å². The fourth-order valence-corrected chi connectivity index (χ4v) is 8.77. The maximum atomic E-state index is 13.5. The second kappa shape index (κ2) is 13.2. The van der Waals surface area contributed by atoms with E-state index in [0.717, 1.165) is 45.0 Å². The van der Waals surface area contributed by atoms with E-state index in [2.05, 4.69) is 24.3 Å². The first kappa shape index (κ1) is 30.3. The minimum atomic E-state index is -0.227. The van der Waals surface area contributed by atoms with E-state index in [1.54, 1.807) is 23.5 Å². The Morgan fingerprint density at radius 1 is 0.521 bits per heavy atom. The van der Waals surface area contributed by atoms with Crippen LogP contribution in [0.2, 0.25) is 0 Å². The number of aromatic nitrogens is 4. The summed E-state index contributed by atoms with van der Waals surface area (Å²) >= 11 is 3.22. The summed E-state index contributed by atoms with van der Waals surface area (Å²) in [6.07, 6.45) is 4.09. The summed E-state index contributed by atoms with van der Waals surface area (Å²) in [6.45, 7) is 0.828. The number of thioether (sulfide) groups is 2. The number of rotatable bonds is 9. The van der Waals surface area contributed by atoms with E-state index in [1.807, 2.05) is 129 Å². The summed E-state index contributed by atoms with van der Waals surface area (Å²) in [4.78, 5) is 30.8. The van der Waals surface area contributed by atoms with Gasteiger partial charge in [0.05, 0.1) is 34.3 Å². The molecule has 6 aromatic rings. The molecule has 2 saturated heterocycles. The summed E-state index contributed by atoms with van der Waals surface area (Å²) in [5, 5.41) is 9.57. The summed E-state index contributed by atoms with van der Waals surface area (Å²) in [6, 6.07) is 40.3. The van der Waals surface area contributed by atoms with Crippen LogP contribution in [0.3, 0.4) is 0 Å². The molecule has 4 aromatic carbocycles. The Hall–Kier alpha value is -5.06. The molecule has 2 fully saturated rings. The molecule has 2 aliphatic rings. The van der Waals surface area contributed by atoms with Gasteiger partial charge in [-0.2, -0.15) is 10.2 Å². The first-order valence-corrected chi connectivity index (χ1v) is 18.0. The fraction of sp³-hybridized carbons (Fsp3) is 0.158. The van der Waals surface area contributed by atoms with Crippen molar-refractivity contribution in [2.75, 3.05) is 24.6 Å². The molecular formula is C38H32N6O2S2. The Morgan fingerprint density at radius 3 is 1.25 bits per heavy atom. The van der Waals surface area contributed by atoms with Gasteiger partial charge in [0.2, 0.25) is 11.8 Å². The summed E-state index contributed by atoms with van der Waals surface area (Å²) in [5.74, 6) is 0.885. The molecule has 0 saturated carbocycles. The van der Waals surface area contributed by atoms with Gasteiger partial charge in [-0.05, 0) is 24.3 Å². The molecule has 10 heteroatoms. The standard InChI is InChI=1S/C38H32N6O2S2/c45-33-25-47-37(31-23-43(29-17-9-3-10-18-29)39-35(31)27-13-5-1-6-14-27)41(33)21-22-42-34(46)26-48-38(42)32-24-44(30-19-11-4-12-20-30)40-36(32)28-15-7-2-8-16-28/h1-20,23-24,37-38H,21-22,25-26H2. The average Bonchev–Trinajstić information content (AvgIpc) is 3.94. The highest BCUT2D eigenvalue weighted by molar-refractivity contribution is 8.00. The van der Waals surface area contributed by atoms with Gasteiger partial charge < -0.3 is 9.80 Å². The van der Waals surface area contributed by atoms with Crippen LogP contribution in [0.1, 0.15) is 21.9 Å². The predicted molar refractivity (Wildman–Crippen MR) is 192 cm³/mol. The molecule has 2 aliphatic heterocycles. The maximum Gasteiger partial charge on any atom is 0.233 e. The molecule has 2 atom stereocenters. The van der Waals surface area contributed by atoms with Crippen LogP contribution in [0, 0.1) is 0 Å². The fourth-order valence-electron chi connectivity index (χ4n) is 6.33. The topological polar surface area (TPSA) is 76.3 Å². The van der Waals surface area contributed by atoms with Crippen molar-refractivity contribution in [1.82, 2.24) is 29.4 Å². The van der Waals surface area contributed by atoms with Crippen molar-refractivity contribution in [3.63, 3.8) is 0 Å². The van der Waals surface area contributed by atoms with Crippen molar-refractivity contribution in [2.24, 2.45) is 0 Å². The van der Waals surface area contributed by atoms with E-state index in [-0.39, 0.29) is 22.6 Å². The lowest BCUT2D eigenvalue weighted by atomic mass is 10.1. The molecule has 8 nitrogen and oxygen atoms in total. The molecule has 0 aliphatic carbocycles. The Labute approximate surface area is 287 Å².